The Morgan fingerprint density at radius 3 is 2.41 bits per heavy atom. The Morgan fingerprint density at radius 2 is 1.82 bits per heavy atom. The zero-order valence-corrected chi connectivity index (χ0v) is 9.26. The van der Waals surface area contributed by atoms with E-state index in [9.17, 15) is 13.2 Å². The third kappa shape index (κ3) is 2.72. The van der Waals surface area contributed by atoms with Gasteiger partial charge in [0.2, 0.25) is 0 Å². The van der Waals surface area contributed by atoms with Gasteiger partial charge in [-0.05, 0) is 24.6 Å². The fourth-order valence-corrected chi connectivity index (χ4v) is 1.89. The summed E-state index contributed by atoms with van der Waals surface area (Å²) in [5.74, 6) is 0. The average molecular weight is 244 g/mol. The van der Waals surface area contributed by atoms with Crippen LogP contribution in [0.15, 0.2) is 18.2 Å². The number of anilines is 1. The van der Waals surface area contributed by atoms with Crippen LogP contribution in [-0.4, -0.2) is 26.3 Å². The van der Waals surface area contributed by atoms with Crippen LogP contribution in [0, 0.1) is 6.92 Å². The molecule has 1 fully saturated rings. The zero-order valence-electron chi connectivity index (χ0n) is 9.26. The summed E-state index contributed by atoms with van der Waals surface area (Å²) in [4.78, 5) is 1.70. The molecule has 1 saturated heterocycles. The number of halogens is 3. The van der Waals surface area contributed by atoms with Crippen LogP contribution in [0.4, 0.5) is 18.9 Å². The number of hydrogen-bond donors (Lipinski definition) is 0. The van der Waals surface area contributed by atoms with Crippen molar-refractivity contribution in [2.45, 2.75) is 6.18 Å². The molecule has 1 aromatic rings. The molecule has 1 heterocycles. The maximum absolute atomic E-state index is 12.9. The van der Waals surface area contributed by atoms with E-state index >= 15 is 0 Å². The van der Waals surface area contributed by atoms with Gasteiger partial charge < -0.3 is 9.64 Å². The van der Waals surface area contributed by atoms with Gasteiger partial charge in [-0.3, -0.25) is 0 Å². The summed E-state index contributed by atoms with van der Waals surface area (Å²) in [5, 5.41) is 0. The SMILES string of the molecule is [CH2]c1ccc(N2CCOCC2)c(C(F)(F)F)c1. The fourth-order valence-electron chi connectivity index (χ4n) is 1.89. The molecule has 0 atom stereocenters. The molecule has 0 aliphatic carbocycles. The molecular formula is C12H13F3NO. The molecule has 0 spiro atoms. The Kier molecular flexibility index (Phi) is 3.28. The molecule has 17 heavy (non-hydrogen) atoms. The molecule has 1 aromatic carbocycles. The molecule has 0 unspecified atom stereocenters. The maximum atomic E-state index is 12.9. The van der Waals surface area contributed by atoms with Crippen LogP contribution < -0.4 is 4.90 Å². The van der Waals surface area contributed by atoms with Gasteiger partial charge in [0.05, 0.1) is 18.8 Å². The van der Waals surface area contributed by atoms with E-state index in [4.69, 9.17) is 4.74 Å². The van der Waals surface area contributed by atoms with Crippen LogP contribution in [0.3, 0.4) is 0 Å². The van der Waals surface area contributed by atoms with Gasteiger partial charge in [0.25, 0.3) is 0 Å². The van der Waals surface area contributed by atoms with E-state index in [1.165, 1.54) is 6.07 Å². The third-order valence-corrected chi connectivity index (χ3v) is 2.72. The van der Waals surface area contributed by atoms with E-state index in [0.29, 0.717) is 31.9 Å². The zero-order chi connectivity index (χ0) is 12.5. The fraction of sp³-hybridized carbons (Fsp3) is 0.417. The molecule has 1 radical (unpaired) electrons. The Hall–Kier alpha value is -1.23. The lowest BCUT2D eigenvalue weighted by Crippen LogP contribution is -2.37. The van der Waals surface area contributed by atoms with Crippen molar-refractivity contribution in [1.29, 1.82) is 0 Å². The number of nitrogens with zero attached hydrogens (tertiary/aromatic N) is 1. The van der Waals surface area contributed by atoms with Crippen LogP contribution in [-0.2, 0) is 10.9 Å². The molecule has 0 saturated carbocycles. The first-order chi connectivity index (χ1) is 7.98. The summed E-state index contributed by atoms with van der Waals surface area (Å²) >= 11 is 0. The Morgan fingerprint density at radius 1 is 1.18 bits per heavy atom. The highest BCUT2D eigenvalue weighted by Gasteiger charge is 2.35. The van der Waals surface area contributed by atoms with Crippen molar-refractivity contribution in [3.63, 3.8) is 0 Å². The van der Waals surface area contributed by atoms with Crippen LogP contribution >= 0.6 is 0 Å². The number of rotatable bonds is 1. The summed E-state index contributed by atoms with van der Waals surface area (Å²) in [5.41, 5.74) is -0.0329. The summed E-state index contributed by atoms with van der Waals surface area (Å²) in [6, 6.07) is 4.17. The van der Waals surface area contributed by atoms with E-state index < -0.39 is 11.7 Å². The Balaban J connectivity index is 2.38. The van der Waals surface area contributed by atoms with Gasteiger partial charge >= 0.3 is 6.18 Å². The lowest BCUT2D eigenvalue weighted by molar-refractivity contribution is -0.137. The quantitative estimate of drug-likeness (QED) is 0.753. The maximum Gasteiger partial charge on any atom is 0.418 e. The van der Waals surface area contributed by atoms with Gasteiger partial charge in [-0.1, -0.05) is 6.07 Å². The second-order valence-electron chi connectivity index (χ2n) is 3.95. The highest BCUT2D eigenvalue weighted by molar-refractivity contribution is 5.57. The number of alkyl halides is 3. The van der Waals surface area contributed by atoms with Crippen molar-refractivity contribution < 1.29 is 17.9 Å². The monoisotopic (exact) mass is 244 g/mol. The molecule has 0 N–H and O–H groups in total. The minimum absolute atomic E-state index is 0.216. The minimum Gasteiger partial charge on any atom is -0.378 e. The summed E-state index contributed by atoms with van der Waals surface area (Å²) in [6.45, 7) is 5.43. The molecule has 93 valence electrons. The third-order valence-electron chi connectivity index (χ3n) is 2.72. The lowest BCUT2D eigenvalue weighted by atomic mass is 10.1. The van der Waals surface area contributed by atoms with Crippen molar-refractivity contribution in [3.8, 4) is 0 Å². The van der Waals surface area contributed by atoms with Gasteiger partial charge in [-0.15, -0.1) is 0 Å². The number of benzene rings is 1. The predicted molar refractivity (Wildman–Crippen MR) is 58.9 cm³/mol. The topological polar surface area (TPSA) is 12.5 Å². The first kappa shape index (κ1) is 12.2. The Bertz CT molecular complexity index is 397. The molecule has 5 heteroatoms. The molecular weight excluding hydrogens is 231 g/mol. The molecule has 0 bridgehead atoms. The summed E-state index contributed by atoms with van der Waals surface area (Å²) < 4.78 is 43.8. The normalized spacial score (nSPS) is 17.3. The Labute approximate surface area is 98.0 Å². The second kappa shape index (κ2) is 4.56. The van der Waals surface area contributed by atoms with Gasteiger partial charge in [0.1, 0.15) is 0 Å². The van der Waals surface area contributed by atoms with Crippen LogP contribution in [0.25, 0.3) is 0 Å². The van der Waals surface area contributed by atoms with Gasteiger partial charge in [0, 0.05) is 18.8 Å². The molecule has 2 rings (SSSR count). The average Bonchev–Trinajstić information content (AvgIpc) is 2.29. The van der Waals surface area contributed by atoms with Crippen molar-refractivity contribution in [2.75, 3.05) is 31.2 Å². The number of morpholine rings is 1. The largest absolute Gasteiger partial charge is 0.418 e. The van der Waals surface area contributed by atoms with Crippen molar-refractivity contribution >= 4 is 5.69 Å². The van der Waals surface area contributed by atoms with Crippen LogP contribution in [0.1, 0.15) is 11.1 Å². The minimum atomic E-state index is -4.35. The molecule has 2 nitrogen and oxygen atoms in total. The highest BCUT2D eigenvalue weighted by Crippen LogP contribution is 2.37. The summed E-state index contributed by atoms with van der Waals surface area (Å²) in [6.07, 6.45) is -4.35. The van der Waals surface area contributed by atoms with E-state index in [1.807, 2.05) is 0 Å². The van der Waals surface area contributed by atoms with Gasteiger partial charge in [-0.25, -0.2) is 0 Å². The van der Waals surface area contributed by atoms with Crippen LogP contribution in [0.5, 0.6) is 0 Å². The van der Waals surface area contributed by atoms with E-state index in [-0.39, 0.29) is 5.69 Å². The van der Waals surface area contributed by atoms with Crippen molar-refractivity contribution in [1.82, 2.24) is 0 Å². The van der Waals surface area contributed by atoms with Gasteiger partial charge in [-0.2, -0.15) is 13.2 Å². The first-order valence-electron chi connectivity index (χ1n) is 5.34. The van der Waals surface area contributed by atoms with Crippen molar-refractivity contribution in [3.05, 3.63) is 36.2 Å². The first-order valence-corrected chi connectivity index (χ1v) is 5.34. The molecule has 1 aliphatic rings. The highest BCUT2D eigenvalue weighted by atomic mass is 19.4. The smallest absolute Gasteiger partial charge is 0.378 e. The van der Waals surface area contributed by atoms with Crippen molar-refractivity contribution in [2.24, 2.45) is 0 Å². The van der Waals surface area contributed by atoms with Gasteiger partial charge in [0.15, 0.2) is 0 Å². The summed E-state index contributed by atoms with van der Waals surface area (Å²) in [7, 11) is 0. The van der Waals surface area contributed by atoms with E-state index in [1.54, 1.807) is 11.0 Å². The number of hydrogen-bond acceptors (Lipinski definition) is 2. The van der Waals surface area contributed by atoms with E-state index in [2.05, 4.69) is 6.92 Å². The lowest BCUT2D eigenvalue weighted by Gasteiger charge is -2.31. The van der Waals surface area contributed by atoms with E-state index in [0.717, 1.165) is 6.07 Å². The molecule has 1 aliphatic heterocycles. The van der Waals surface area contributed by atoms with Crippen LogP contribution in [0.2, 0.25) is 0 Å². The second-order valence-corrected chi connectivity index (χ2v) is 3.95. The number of ether oxygens (including phenoxy) is 1. The molecule has 0 aromatic heterocycles. The standard InChI is InChI=1S/C12H13F3NO/c1-9-2-3-11(10(8-9)12(13,14)15)16-4-6-17-7-5-16/h2-3,8H,1,4-7H2. The molecule has 0 amide bonds. The predicted octanol–water partition coefficient (Wildman–Crippen LogP) is 2.72.